The molecule has 2 unspecified atom stereocenters. The van der Waals surface area contributed by atoms with Crippen molar-refractivity contribution in [3.63, 3.8) is 0 Å². The van der Waals surface area contributed by atoms with Crippen molar-refractivity contribution >= 4 is 0 Å². The number of benzene rings is 1. The molecule has 0 amide bonds. The number of ether oxygens (including phenoxy) is 1. The van der Waals surface area contributed by atoms with E-state index >= 15 is 0 Å². The summed E-state index contributed by atoms with van der Waals surface area (Å²) in [6, 6.07) is 9.75. The molecular formula is C18H29NO. The Hall–Kier alpha value is -1.02. The van der Waals surface area contributed by atoms with Gasteiger partial charge in [0.05, 0.1) is 7.11 Å². The number of hydrogen-bond donors (Lipinski definition) is 1. The lowest BCUT2D eigenvalue weighted by molar-refractivity contribution is 0.351. The molecule has 0 aliphatic heterocycles. The first-order valence-corrected chi connectivity index (χ1v) is 7.87. The second-order valence-corrected chi connectivity index (χ2v) is 7.06. The fraction of sp³-hybridized carbons (Fsp3) is 0.667. The molecular weight excluding hydrogens is 246 g/mol. The molecule has 1 saturated carbocycles. The highest BCUT2D eigenvalue weighted by Gasteiger charge is 2.31. The first-order chi connectivity index (χ1) is 9.48. The SMILES string of the molecule is COc1ccc(CCC(C)NC2CCC(C)(C)C2)cc1. The maximum atomic E-state index is 5.19. The molecule has 2 nitrogen and oxygen atoms in total. The highest BCUT2D eigenvalue weighted by Crippen LogP contribution is 2.37. The Balaban J connectivity index is 1.73. The highest BCUT2D eigenvalue weighted by molar-refractivity contribution is 5.27. The lowest BCUT2D eigenvalue weighted by Crippen LogP contribution is -2.35. The summed E-state index contributed by atoms with van der Waals surface area (Å²) in [5.74, 6) is 0.938. The lowest BCUT2D eigenvalue weighted by atomic mass is 9.91. The lowest BCUT2D eigenvalue weighted by Gasteiger charge is -2.21. The Labute approximate surface area is 123 Å². The van der Waals surface area contributed by atoms with Gasteiger partial charge in [0.1, 0.15) is 5.75 Å². The Morgan fingerprint density at radius 2 is 2.00 bits per heavy atom. The molecule has 0 heterocycles. The van der Waals surface area contributed by atoms with Gasteiger partial charge < -0.3 is 10.1 Å². The molecule has 1 aliphatic carbocycles. The molecule has 1 aliphatic rings. The monoisotopic (exact) mass is 275 g/mol. The van der Waals surface area contributed by atoms with Crippen LogP contribution in [-0.4, -0.2) is 19.2 Å². The third kappa shape index (κ3) is 4.52. The van der Waals surface area contributed by atoms with Crippen molar-refractivity contribution < 1.29 is 4.74 Å². The van der Waals surface area contributed by atoms with Crippen LogP contribution < -0.4 is 10.1 Å². The number of rotatable bonds is 6. The summed E-state index contributed by atoms with van der Waals surface area (Å²) < 4.78 is 5.19. The number of nitrogens with one attached hydrogen (secondary N) is 1. The predicted octanol–water partition coefficient (Wildman–Crippen LogP) is 4.18. The molecule has 0 radical (unpaired) electrons. The molecule has 112 valence electrons. The van der Waals surface area contributed by atoms with Crippen LogP contribution in [-0.2, 0) is 6.42 Å². The molecule has 0 saturated heterocycles. The average Bonchev–Trinajstić information content (AvgIpc) is 2.76. The minimum atomic E-state index is 0.535. The van der Waals surface area contributed by atoms with Gasteiger partial charge in [0.25, 0.3) is 0 Å². The van der Waals surface area contributed by atoms with Crippen LogP contribution in [0, 0.1) is 5.41 Å². The number of aryl methyl sites for hydroxylation is 1. The molecule has 2 heteroatoms. The average molecular weight is 275 g/mol. The van der Waals surface area contributed by atoms with E-state index in [1.54, 1.807) is 7.11 Å². The molecule has 0 spiro atoms. The smallest absolute Gasteiger partial charge is 0.118 e. The Morgan fingerprint density at radius 1 is 1.30 bits per heavy atom. The molecule has 1 aromatic carbocycles. The van der Waals surface area contributed by atoms with Crippen molar-refractivity contribution in [2.45, 2.75) is 65.0 Å². The van der Waals surface area contributed by atoms with Gasteiger partial charge in [-0.1, -0.05) is 26.0 Å². The number of hydrogen-bond acceptors (Lipinski definition) is 2. The van der Waals surface area contributed by atoms with Crippen LogP contribution in [0.15, 0.2) is 24.3 Å². The molecule has 1 N–H and O–H groups in total. The summed E-state index contributed by atoms with van der Waals surface area (Å²) >= 11 is 0. The molecule has 0 aromatic heterocycles. The van der Waals surface area contributed by atoms with E-state index in [0.717, 1.165) is 18.2 Å². The van der Waals surface area contributed by atoms with Gasteiger partial charge in [-0.15, -0.1) is 0 Å². The fourth-order valence-corrected chi connectivity index (χ4v) is 3.24. The zero-order chi connectivity index (χ0) is 14.6. The van der Waals surface area contributed by atoms with Crippen LogP contribution in [0.3, 0.4) is 0 Å². The van der Waals surface area contributed by atoms with E-state index in [1.807, 2.05) is 12.1 Å². The van der Waals surface area contributed by atoms with Gasteiger partial charge in [0.2, 0.25) is 0 Å². The minimum Gasteiger partial charge on any atom is -0.497 e. The number of methoxy groups -OCH3 is 1. The van der Waals surface area contributed by atoms with Gasteiger partial charge in [-0.2, -0.15) is 0 Å². The van der Waals surface area contributed by atoms with Gasteiger partial charge in [-0.3, -0.25) is 0 Å². The molecule has 1 aromatic rings. The van der Waals surface area contributed by atoms with Crippen molar-refractivity contribution in [3.8, 4) is 5.75 Å². The molecule has 0 bridgehead atoms. The van der Waals surface area contributed by atoms with Crippen molar-refractivity contribution in [2.24, 2.45) is 5.41 Å². The maximum absolute atomic E-state index is 5.19. The van der Waals surface area contributed by atoms with E-state index in [4.69, 9.17) is 4.74 Å². The van der Waals surface area contributed by atoms with Gasteiger partial charge >= 0.3 is 0 Å². The van der Waals surface area contributed by atoms with E-state index in [1.165, 1.54) is 31.2 Å². The summed E-state index contributed by atoms with van der Waals surface area (Å²) in [5, 5.41) is 3.80. The van der Waals surface area contributed by atoms with Gasteiger partial charge in [0, 0.05) is 12.1 Å². The minimum absolute atomic E-state index is 0.535. The zero-order valence-electron chi connectivity index (χ0n) is 13.4. The van der Waals surface area contributed by atoms with E-state index in [-0.39, 0.29) is 0 Å². The van der Waals surface area contributed by atoms with E-state index in [2.05, 4.69) is 38.2 Å². The first-order valence-electron chi connectivity index (χ1n) is 7.87. The van der Waals surface area contributed by atoms with Crippen LogP contribution >= 0.6 is 0 Å². The van der Waals surface area contributed by atoms with Crippen LogP contribution in [0.25, 0.3) is 0 Å². The summed E-state index contributed by atoms with van der Waals surface area (Å²) in [6.07, 6.45) is 6.34. The normalized spacial score (nSPS) is 22.7. The topological polar surface area (TPSA) is 21.3 Å². The Morgan fingerprint density at radius 3 is 2.55 bits per heavy atom. The molecule has 2 atom stereocenters. The zero-order valence-corrected chi connectivity index (χ0v) is 13.4. The van der Waals surface area contributed by atoms with Crippen molar-refractivity contribution in [2.75, 3.05) is 7.11 Å². The van der Waals surface area contributed by atoms with E-state index in [0.29, 0.717) is 11.5 Å². The quantitative estimate of drug-likeness (QED) is 0.840. The highest BCUT2D eigenvalue weighted by atomic mass is 16.5. The van der Waals surface area contributed by atoms with E-state index in [9.17, 15) is 0 Å². The predicted molar refractivity (Wildman–Crippen MR) is 85.3 cm³/mol. The summed E-state index contributed by atoms with van der Waals surface area (Å²) in [5.41, 5.74) is 1.93. The maximum Gasteiger partial charge on any atom is 0.118 e. The standard InChI is InChI=1S/C18H29NO/c1-14(19-16-11-12-18(2,3)13-16)5-6-15-7-9-17(20-4)10-8-15/h7-10,14,16,19H,5-6,11-13H2,1-4H3. The molecule has 2 rings (SSSR count). The second kappa shape index (κ2) is 6.62. The largest absolute Gasteiger partial charge is 0.497 e. The third-order valence-corrected chi connectivity index (χ3v) is 4.51. The fourth-order valence-electron chi connectivity index (χ4n) is 3.24. The summed E-state index contributed by atoms with van der Waals surface area (Å²) in [4.78, 5) is 0. The van der Waals surface area contributed by atoms with Gasteiger partial charge in [-0.25, -0.2) is 0 Å². The molecule has 1 fully saturated rings. The van der Waals surface area contributed by atoms with Crippen LogP contribution in [0.5, 0.6) is 5.75 Å². The van der Waals surface area contributed by atoms with Crippen molar-refractivity contribution in [1.82, 2.24) is 5.32 Å². The van der Waals surface area contributed by atoms with Crippen LogP contribution in [0.4, 0.5) is 0 Å². The first kappa shape index (κ1) is 15.4. The van der Waals surface area contributed by atoms with Gasteiger partial charge in [0.15, 0.2) is 0 Å². The van der Waals surface area contributed by atoms with Crippen molar-refractivity contribution in [3.05, 3.63) is 29.8 Å². The van der Waals surface area contributed by atoms with Crippen LogP contribution in [0.1, 0.15) is 52.0 Å². The second-order valence-electron chi connectivity index (χ2n) is 7.06. The van der Waals surface area contributed by atoms with E-state index < -0.39 is 0 Å². The van der Waals surface area contributed by atoms with Crippen molar-refractivity contribution in [1.29, 1.82) is 0 Å². The Kier molecular flexibility index (Phi) is 5.09. The van der Waals surface area contributed by atoms with Gasteiger partial charge in [-0.05, 0) is 62.1 Å². The summed E-state index contributed by atoms with van der Waals surface area (Å²) in [7, 11) is 1.71. The molecule has 20 heavy (non-hydrogen) atoms. The van der Waals surface area contributed by atoms with Crippen LogP contribution in [0.2, 0.25) is 0 Å². The Bertz CT molecular complexity index is 410. The third-order valence-electron chi connectivity index (χ3n) is 4.51. The summed E-state index contributed by atoms with van der Waals surface area (Å²) in [6.45, 7) is 7.09.